The van der Waals surface area contributed by atoms with E-state index in [-0.39, 0.29) is 17.9 Å². The lowest BCUT2D eigenvalue weighted by Gasteiger charge is -2.16. The molecule has 2 aromatic carbocycles. The maximum Gasteiger partial charge on any atom is 0.279 e. The molecule has 0 spiro atoms. The van der Waals surface area contributed by atoms with Crippen molar-refractivity contribution >= 4 is 17.5 Å². The molecule has 0 heterocycles. The topological polar surface area (TPSA) is 62.6 Å². The van der Waals surface area contributed by atoms with Gasteiger partial charge in [0.2, 0.25) is 0 Å². The van der Waals surface area contributed by atoms with Crippen LogP contribution >= 0.6 is 0 Å². The van der Waals surface area contributed by atoms with E-state index in [0.29, 0.717) is 17.8 Å². The lowest BCUT2D eigenvalue weighted by atomic mass is 10.1. The normalized spacial score (nSPS) is 15.3. The van der Waals surface area contributed by atoms with Crippen molar-refractivity contribution in [1.82, 2.24) is 5.32 Å². The molecule has 1 unspecified atom stereocenters. The van der Waals surface area contributed by atoms with Gasteiger partial charge in [0.1, 0.15) is 6.54 Å². The van der Waals surface area contributed by atoms with Crippen molar-refractivity contribution in [3.05, 3.63) is 65.7 Å². The molecule has 0 radical (unpaired) electrons. The Kier molecular flexibility index (Phi) is 6.60. The van der Waals surface area contributed by atoms with Crippen LogP contribution in [0.2, 0.25) is 0 Å². The third-order valence-electron chi connectivity index (χ3n) is 4.95. The van der Waals surface area contributed by atoms with E-state index >= 15 is 0 Å². The summed E-state index contributed by atoms with van der Waals surface area (Å²) in [5.41, 5.74) is 2.29. The van der Waals surface area contributed by atoms with Crippen LogP contribution in [0.15, 0.2) is 54.6 Å². The first kappa shape index (κ1) is 19.1. The summed E-state index contributed by atoms with van der Waals surface area (Å²) < 4.78 is 0. The van der Waals surface area contributed by atoms with E-state index in [0.717, 1.165) is 24.3 Å². The molecule has 5 nitrogen and oxygen atoms in total. The number of carbonyl (C=O) groups excluding carboxylic acids is 2. The predicted octanol–water partition coefficient (Wildman–Crippen LogP) is 2.01. The Morgan fingerprint density at radius 3 is 2.41 bits per heavy atom. The number of hydrogen-bond acceptors (Lipinski definition) is 2. The van der Waals surface area contributed by atoms with Crippen LogP contribution in [0.1, 0.15) is 41.6 Å². The van der Waals surface area contributed by atoms with Gasteiger partial charge in [-0.2, -0.15) is 0 Å². The maximum atomic E-state index is 12.6. The number of carbonyl (C=O) groups is 2. The van der Waals surface area contributed by atoms with Crippen LogP contribution in [0.4, 0.5) is 5.69 Å². The van der Waals surface area contributed by atoms with E-state index in [1.54, 1.807) is 12.1 Å². The third kappa shape index (κ3) is 5.66. The lowest BCUT2D eigenvalue weighted by Crippen LogP contribution is -3.08. The Morgan fingerprint density at radius 1 is 1.00 bits per heavy atom. The molecular formula is C22H28N3O2+. The molecule has 3 N–H and O–H groups in total. The first-order valence-electron chi connectivity index (χ1n) is 9.67. The van der Waals surface area contributed by atoms with Crippen LogP contribution in [-0.2, 0) is 11.3 Å². The number of nitrogens with one attached hydrogen (secondary N) is 3. The summed E-state index contributed by atoms with van der Waals surface area (Å²) in [6.07, 6.45) is 4.40. The van der Waals surface area contributed by atoms with Gasteiger partial charge in [-0.25, -0.2) is 0 Å². The van der Waals surface area contributed by atoms with Gasteiger partial charge in [0, 0.05) is 11.6 Å². The monoisotopic (exact) mass is 366 g/mol. The Labute approximate surface area is 160 Å². The maximum absolute atomic E-state index is 12.6. The van der Waals surface area contributed by atoms with Gasteiger partial charge in [-0.1, -0.05) is 55.3 Å². The van der Waals surface area contributed by atoms with Crippen molar-refractivity contribution in [3.63, 3.8) is 0 Å². The number of rotatable bonds is 7. The van der Waals surface area contributed by atoms with Crippen LogP contribution < -0.4 is 15.5 Å². The first-order valence-corrected chi connectivity index (χ1v) is 9.67. The molecule has 142 valence electrons. The molecule has 1 atom stereocenters. The second-order valence-electron chi connectivity index (χ2n) is 7.34. The van der Waals surface area contributed by atoms with E-state index in [1.165, 1.54) is 18.4 Å². The van der Waals surface area contributed by atoms with Crippen molar-refractivity contribution in [3.8, 4) is 0 Å². The molecule has 0 bridgehead atoms. The lowest BCUT2D eigenvalue weighted by molar-refractivity contribution is -0.885. The smallest absolute Gasteiger partial charge is 0.279 e. The molecule has 1 fully saturated rings. The van der Waals surface area contributed by atoms with Gasteiger partial charge in [0.05, 0.1) is 18.3 Å². The fourth-order valence-electron chi connectivity index (χ4n) is 3.60. The Morgan fingerprint density at radius 2 is 1.67 bits per heavy atom. The van der Waals surface area contributed by atoms with Crippen LogP contribution in [0, 0.1) is 0 Å². The fraction of sp³-hybridized carbons (Fsp3) is 0.364. The molecule has 0 aromatic heterocycles. The number of hydrogen-bond donors (Lipinski definition) is 3. The van der Waals surface area contributed by atoms with Gasteiger partial charge in [0.25, 0.3) is 11.8 Å². The number of quaternary nitrogens is 1. The van der Waals surface area contributed by atoms with Crippen molar-refractivity contribution in [2.24, 2.45) is 0 Å². The molecule has 27 heavy (non-hydrogen) atoms. The van der Waals surface area contributed by atoms with E-state index in [4.69, 9.17) is 0 Å². The highest BCUT2D eigenvalue weighted by Crippen LogP contribution is 2.20. The van der Waals surface area contributed by atoms with Crippen molar-refractivity contribution in [2.75, 3.05) is 18.9 Å². The zero-order valence-electron chi connectivity index (χ0n) is 15.8. The van der Waals surface area contributed by atoms with Gasteiger partial charge in [-0.15, -0.1) is 0 Å². The highest BCUT2D eigenvalue weighted by molar-refractivity contribution is 6.04. The van der Waals surface area contributed by atoms with Crippen molar-refractivity contribution in [1.29, 1.82) is 0 Å². The van der Waals surface area contributed by atoms with Gasteiger partial charge in [-0.05, 0) is 25.0 Å². The first-order chi connectivity index (χ1) is 13.1. The third-order valence-corrected chi connectivity index (χ3v) is 4.95. The van der Waals surface area contributed by atoms with E-state index in [2.05, 4.69) is 22.8 Å². The standard InChI is InChI=1S/C22H27N3O2/c1-25(15-17-9-3-2-4-10-17)16-21(26)24-20-14-8-7-13-19(20)22(27)23-18-11-5-6-12-18/h2-4,7-10,13-14,18H,5-6,11-12,15-16H2,1H3,(H,23,27)(H,24,26)/p+1. The fourth-order valence-corrected chi connectivity index (χ4v) is 3.60. The highest BCUT2D eigenvalue weighted by Gasteiger charge is 2.20. The summed E-state index contributed by atoms with van der Waals surface area (Å²) in [4.78, 5) is 26.2. The summed E-state index contributed by atoms with van der Waals surface area (Å²) in [5.74, 6) is -0.202. The van der Waals surface area contributed by atoms with Crippen LogP contribution in [0.5, 0.6) is 0 Å². The largest absolute Gasteiger partial charge is 0.349 e. The molecule has 1 aliphatic carbocycles. The quantitative estimate of drug-likeness (QED) is 0.702. The van der Waals surface area contributed by atoms with Gasteiger partial charge in [-0.3, -0.25) is 9.59 Å². The minimum absolute atomic E-state index is 0.0930. The minimum atomic E-state index is -0.109. The summed E-state index contributed by atoms with van der Waals surface area (Å²) in [7, 11) is 1.99. The summed E-state index contributed by atoms with van der Waals surface area (Å²) in [6.45, 7) is 1.12. The molecule has 0 aliphatic heterocycles. The van der Waals surface area contributed by atoms with Gasteiger partial charge >= 0.3 is 0 Å². The predicted molar refractivity (Wildman–Crippen MR) is 107 cm³/mol. The zero-order valence-corrected chi connectivity index (χ0v) is 15.8. The van der Waals surface area contributed by atoms with Gasteiger partial charge in [0.15, 0.2) is 6.54 Å². The molecule has 2 amide bonds. The molecule has 0 saturated heterocycles. The highest BCUT2D eigenvalue weighted by atomic mass is 16.2. The van der Waals surface area contributed by atoms with E-state index < -0.39 is 0 Å². The zero-order chi connectivity index (χ0) is 19.1. The number of benzene rings is 2. The number of anilines is 1. The molecule has 2 aromatic rings. The Bertz CT molecular complexity index is 770. The average Bonchev–Trinajstić information content (AvgIpc) is 3.15. The molecule has 5 heteroatoms. The van der Waals surface area contributed by atoms with Crippen molar-refractivity contribution in [2.45, 2.75) is 38.3 Å². The Hall–Kier alpha value is -2.66. The van der Waals surface area contributed by atoms with E-state index in [9.17, 15) is 9.59 Å². The summed E-state index contributed by atoms with van der Waals surface area (Å²) in [5, 5.41) is 6.00. The molecule has 1 aliphatic rings. The minimum Gasteiger partial charge on any atom is -0.349 e. The number of para-hydroxylation sites is 1. The Balaban J connectivity index is 1.58. The number of likely N-dealkylation sites (N-methyl/N-ethyl adjacent to an activating group) is 1. The van der Waals surface area contributed by atoms with Crippen molar-refractivity contribution < 1.29 is 14.5 Å². The molecular weight excluding hydrogens is 338 g/mol. The number of amides is 2. The molecule has 1 saturated carbocycles. The van der Waals surface area contributed by atoms with E-state index in [1.807, 2.05) is 37.4 Å². The average molecular weight is 366 g/mol. The second kappa shape index (κ2) is 9.33. The summed E-state index contributed by atoms with van der Waals surface area (Å²) >= 11 is 0. The molecule has 3 rings (SSSR count). The second-order valence-corrected chi connectivity index (χ2v) is 7.34. The van der Waals surface area contributed by atoms with Crippen LogP contribution in [-0.4, -0.2) is 31.4 Å². The van der Waals surface area contributed by atoms with Gasteiger partial charge < -0.3 is 15.5 Å². The van der Waals surface area contributed by atoms with Crippen LogP contribution in [0.3, 0.4) is 0 Å². The summed E-state index contributed by atoms with van der Waals surface area (Å²) in [6, 6.07) is 17.6. The SMILES string of the molecule is C[NH+](CC(=O)Nc1ccccc1C(=O)NC1CCCC1)Cc1ccccc1. The van der Waals surface area contributed by atoms with Crippen LogP contribution in [0.25, 0.3) is 0 Å².